The Hall–Kier alpha value is -0.570. The summed E-state index contributed by atoms with van der Waals surface area (Å²) in [5.74, 6) is 0.961. The summed E-state index contributed by atoms with van der Waals surface area (Å²) in [6.45, 7) is 2.15. The van der Waals surface area contributed by atoms with Gasteiger partial charge in [-0.25, -0.2) is 0 Å². The monoisotopic (exact) mass is 238 g/mol. The van der Waals surface area contributed by atoms with Crippen LogP contribution in [-0.4, -0.2) is 18.0 Å². The van der Waals surface area contributed by atoms with Crippen molar-refractivity contribution in [2.75, 3.05) is 0 Å². The van der Waals surface area contributed by atoms with Crippen molar-refractivity contribution in [3.8, 4) is 0 Å². The van der Waals surface area contributed by atoms with E-state index in [2.05, 4.69) is 12.2 Å². The summed E-state index contributed by atoms with van der Waals surface area (Å²) in [4.78, 5) is 12.2. The Morgan fingerprint density at radius 2 is 1.71 bits per heavy atom. The van der Waals surface area contributed by atoms with Crippen molar-refractivity contribution in [3.05, 3.63) is 0 Å². The molecule has 3 N–H and O–H groups in total. The summed E-state index contributed by atoms with van der Waals surface area (Å²) in [6.07, 6.45) is 9.53. The topological polar surface area (TPSA) is 55.1 Å². The third-order valence-electron chi connectivity index (χ3n) is 4.63. The molecule has 0 spiro atoms. The Kier molecular flexibility index (Phi) is 4.43. The molecular weight excluding hydrogens is 212 g/mol. The Morgan fingerprint density at radius 1 is 1.12 bits per heavy atom. The van der Waals surface area contributed by atoms with Crippen LogP contribution in [0.2, 0.25) is 0 Å². The van der Waals surface area contributed by atoms with Gasteiger partial charge in [0, 0.05) is 12.1 Å². The number of carbonyl (C=O) groups excluding carboxylic acids is 1. The zero-order valence-electron chi connectivity index (χ0n) is 11.0. The molecule has 17 heavy (non-hydrogen) atoms. The zero-order chi connectivity index (χ0) is 12.3. The smallest absolute Gasteiger partial charge is 0.224 e. The van der Waals surface area contributed by atoms with Gasteiger partial charge in [0.1, 0.15) is 0 Å². The molecule has 98 valence electrons. The van der Waals surface area contributed by atoms with Crippen molar-refractivity contribution in [2.24, 2.45) is 17.6 Å². The fourth-order valence-corrected chi connectivity index (χ4v) is 3.39. The Morgan fingerprint density at radius 3 is 2.35 bits per heavy atom. The molecule has 0 aliphatic heterocycles. The fraction of sp³-hybridized carbons (Fsp3) is 0.929. The van der Waals surface area contributed by atoms with Crippen LogP contribution in [0.25, 0.3) is 0 Å². The Labute approximate surface area is 105 Å². The summed E-state index contributed by atoms with van der Waals surface area (Å²) in [5.41, 5.74) is 6.05. The molecule has 0 heterocycles. The van der Waals surface area contributed by atoms with Crippen LogP contribution in [0.4, 0.5) is 0 Å². The van der Waals surface area contributed by atoms with Gasteiger partial charge in [0.15, 0.2) is 0 Å². The normalized spacial score (nSPS) is 32.4. The van der Waals surface area contributed by atoms with Gasteiger partial charge in [-0.3, -0.25) is 4.79 Å². The lowest BCUT2D eigenvalue weighted by Crippen LogP contribution is -2.47. The molecule has 3 atom stereocenters. The first kappa shape index (κ1) is 12.9. The average molecular weight is 238 g/mol. The summed E-state index contributed by atoms with van der Waals surface area (Å²) < 4.78 is 0. The molecule has 0 saturated heterocycles. The quantitative estimate of drug-likeness (QED) is 0.792. The molecule has 0 aromatic heterocycles. The molecule has 3 heteroatoms. The second-order valence-electron chi connectivity index (χ2n) is 5.90. The molecule has 0 radical (unpaired) electrons. The van der Waals surface area contributed by atoms with Gasteiger partial charge in [0.2, 0.25) is 5.91 Å². The van der Waals surface area contributed by atoms with Gasteiger partial charge in [0.25, 0.3) is 0 Å². The molecule has 1 amide bonds. The predicted octanol–water partition coefficient (Wildman–Crippen LogP) is 2.20. The third-order valence-corrected chi connectivity index (χ3v) is 4.63. The average Bonchev–Trinajstić information content (AvgIpc) is 2.82. The van der Waals surface area contributed by atoms with Crippen molar-refractivity contribution in [2.45, 2.75) is 70.4 Å². The number of hydrogen-bond acceptors (Lipinski definition) is 2. The van der Waals surface area contributed by atoms with Crippen LogP contribution in [0.1, 0.15) is 58.3 Å². The number of nitrogens with two attached hydrogens (primary N) is 1. The highest BCUT2D eigenvalue weighted by molar-refractivity contribution is 5.79. The van der Waals surface area contributed by atoms with Crippen molar-refractivity contribution in [3.63, 3.8) is 0 Å². The van der Waals surface area contributed by atoms with Gasteiger partial charge < -0.3 is 11.1 Å². The molecule has 2 aliphatic rings. The molecule has 0 bridgehead atoms. The van der Waals surface area contributed by atoms with E-state index in [9.17, 15) is 4.79 Å². The van der Waals surface area contributed by atoms with Crippen LogP contribution in [-0.2, 0) is 4.79 Å². The Bertz CT molecular complexity index is 261. The van der Waals surface area contributed by atoms with Gasteiger partial charge in [-0.2, -0.15) is 0 Å². The highest BCUT2D eigenvalue weighted by Gasteiger charge is 2.30. The molecular formula is C14H26N2O. The zero-order valence-corrected chi connectivity index (χ0v) is 11.0. The van der Waals surface area contributed by atoms with E-state index in [0.29, 0.717) is 12.0 Å². The lowest BCUT2D eigenvalue weighted by Gasteiger charge is -2.30. The first-order chi connectivity index (χ1) is 8.18. The van der Waals surface area contributed by atoms with Crippen molar-refractivity contribution >= 4 is 5.91 Å². The van der Waals surface area contributed by atoms with E-state index < -0.39 is 0 Å². The number of hydrogen-bond donors (Lipinski definition) is 2. The van der Waals surface area contributed by atoms with Crippen molar-refractivity contribution < 1.29 is 4.79 Å². The molecule has 2 rings (SSSR count). The predicted molar refractivity (Wildman–Crippen MR) is 69.5 cm³/mol. The van der Waals surface area contributed by atoms with E-state index in [4.69, 9.17) is 5.73 Å². The number of nitrogens with one attached hydrogen (secondary N) is 1. The highest BCUT2D eigenvalue weighted by atomic mass is 16.2. The van der Waals surface area contributed by atoms with Crippen LogP contribution < -0.4 is 11.1 Å². The summed E-state index contributed by atoms with van der Waals surface area (Å²) in [5, 5.41) is 3.20. The van der Waals surface area contributed by atoms with Crippen LogP contribution in [0, 0.1) is 11.8 Å². The summed E-state index contributed by atoms with van der Waals surface area (Å²) >= 11 is 0. The second kappa shape index (κ2) is 5.85. The van der Waals surface area contributed by atoms with Gasteiger partial charge in [-0.15, -0.1) is 0 Å². The van der Waals surface area contributed by atoms with E-state index >= 15 is 0 Å². The van der Waals surface area contributed by atoms with Crippen LogP contribution >= 0.6 is 0 Å². The van der Waals surface area contributed by atoms with Crippen molar-refractivity contribution in [1.82, 2.24) is 5.32 Å². The largest absolute Gasteiger partial charge is 0.353 e. The lowest BCUT2D eigenvalue weighted by molar-refractivity contribution is -0.127. The van der Waals surface area contributed by atoms with Gasteiger partial charge in [0.05, 0.1) is 5.92 Å². The first-order valence-corrected chi connectivity index (χ1v) is 7.24. The number of amides is 1. The van der Waals surface area contributed by atoms with Gasteiger partial charge in [-0.1, -0.05) is 25.7 Å². The lowest BCUT2D eigenvalue weighted by atomic mass is 9.84. The standard InChI is InChI=1S/C14H26N2O/c1-10(11-6-2-3-7-11)16-14(17)12-8-4-5-9-13(12)15/h10-13H,2-9,15H2,1H3,(H,16,17)/t10-,12?,13?/m1/s1. The molecule has 2 unspecified atom stereocenters. The maximum atomic E-state index is 12.2. The van der Waals surface area contributed by atoms with E-state index in [1.165, 1.54) is 32.1 Å². The van der Waals surface area contributed by atoms with Gasteiger partial charge in [-0.05, 0) is 38.5 Å². The first-order valence-electron chi connectivity index (χ1n) is 7.24. The maximum absolute atomic E-state index is 12.2. The minimum atomic E-state index is 0.0626. The number of rotatable bonds is 3. The second-order valence-corrected chi connectivity index (χ2v) is 5.90. The fourth-order valence-electron chi connectivity index (χ4n) is 3.39. The van der Waals surface area contributed by atoms with E-state index in [-0.39, 0.29) is 17.9 Å². The molecule has 2 saturated carbocycles. The van der Waals surface area contributed by atoms with Crippen LogP contribution in [0.5, 0.6) is 0 Å². The summed E-state index contributed by atoms with van der Waals surface area (Å²) in [7, 11) is 0. The van der Waals surface area contributed by atoms with Crippen LogP contribution in [0.3, 0.4) is 0 Å². The molecule has 2 aliphatic carbocycles. The Balaban J connectivity index is 1.82. The highest BCUT2D eigenvalue weighted by Crippen LogP contribution is 2.28. The molecule has 3 nitrogen and oxygen atoms in total. The minimum absolute atomic E-state index is 0.0626. The SMILES string of the molecule is C[C@@H](NC(=O)C1CCCCC1N)C1CCCC1. The van der Waals surface area contributed by atoms with E-state index in [0.717, 1.165) is 19.3 Å². The van der Waals surface area contributed by atoms with Crippen molar-refractivity contribution in [1.29, 1.82) is 0 Å². The minimum Gasteiger partial charge on any atom is -0.353 e. The molecule has 0 aromatic rings. The third kappa shape index (κ3) is 3.21. The summed E-state index contributed by atoms with van der Waals surface area (Å²) in [6, 6.07) is 0.415. The molecule has 0 aromatic carbocycles. The van der Waals surface area contributed by atoms with Gasteiger partial charge >= 0.3 is 0 Å². The van der Waals surface area contributed by atoms with E-state index in [1.807, 2.05) is 0 Å². The number of carbonyl (C=O) groups is 1. The maximum Gasteiger partial charge on any atom is 0.224 e. The van der Waals surface area contributed by atoms with E-state index in [1.54, 1.807) is 0 Å². The van der Waals surface area contributed by atoms with Crippen LogP contribution in [0.15, 0.2) is 0 Å². The molecule has 2 fully saturated rings.